The molecule has 1 aromatic heterocycles. The van der Waals surface area contributed by atoms with Crippen molar-refractivity contribution in [1.29, 1.82) is 0 Å². The van der Waals surface area contributed by atoms with E-state index < -0.39 is 0 Å². The number of anilines is 1. The molecular weight excluding hydrogens is 240 g/mol. The van der Waals surface area contributed by atoms with Crippen molar-refractivity contribution in [2.24, 2.45) is 0 Å². The number of hydrogen-bond donors (Lipinski definition) is 1. The van der Waals surface area contributed by atoms with E-state index in [4.69, 9.17) is 4.74 Å². The number of carbonyl (C=O) groups is 1. The normalized spacial score (nSPS) is 9.94. The first-order valence-electron chi connectivity index (χ1n) is 4.99. The van der Waals surface area contributed by atoms with Crippen LogP contribution in [0.3, 0.4) is 0 Å². The van der Waals surface area contributed by atoms with E-state index in [1.807, 2.05) is 6.92 Å². The van der Waals surface area contributed by atoms with E-state index in [9.17, 15) is 4.79 Å². The molecule has 0 aliphatic rings. The number of nitrogens with zero attached hydrogens (tertiary/aromatic N) is 3. The van der Waals surface area contributed by atoms with Gasteiger partial charge in [-0.2, -0.15) is 0 Å². The zero-order chi connectivity index (χ0) is 12.1. The van der Waals surface area contributed by atoms with E-state index in [0.717, 1.165) is 17.3 Å². The predicted molar refractivity (Wildman–Crippen MR) is 63.3 cm³/mol. The van der Waals surface area contributed by atoms with Gasteiger partial charge in [0.15, 0.2) is 0 Å². The minimum Gasteiger partial charge on any atom is -0.494 e. The van der Waals surface area contributed by atoms with Gasteiger partial charge in [0, 0.05) is 17.1 Å². The highest BCUT2D eigenvalue weighted by Crippen LogP contribution is 2.14. The molecule has 1 N–H and O–H groups in total. The van der Waals surface area contributed by atoms with E-state index in [1.54, 1.807) is 24.3 Å². The van der Waals surface area contributed by atoms with Crippen LogP contribution in [0.2, 0.25) is 0 Å². The summed E-state index contributed by atoms with van der Waals surface area (Å²) in [6.45, 7) is 2.51. The molecule has 0 saturated carbocycles. The molecule has 0 aliphatic heterocycles. The number of aromatic nitrogens is 3. The van der Waals surface area contributed by atoms with Gasteiger partial charge in [-0.25, -0.2) is 0 Å². The van der Waals surface area contributed by atoms with Gasteiger partial charge < -0.3 is 4.74 Å². The second kappa shape index (κ2) is 5.35. The van der Waals surface area contributed by atoms with Crippen LogP contribution >= 0.6 is 11.5 Å². The Kier molecular flexibility index (Phi) is 3.61. The first-order valence-corrected chi connectivity index (χ1v) is 5.76. The van der Waals surface area contributed by atoms with Crippen LogP contribution in [0.25, 0.3) is 0 Å². The van der Waals surface area contributed by atoms with Gasteiger partial charge in [0.25, 0.3) is 5.91 Å². The largest absolute Gasteiger partial charge is 0.494 e. The second-order valence-corrected chi connectivity index (χ2v) is 3.81. The van der Waals surface area contributed by atoms with E-state index >= 15 is 0 Å². The summed E-state index contributed by atoms with van der Waals surface area (Å²) in [5.41, 5.74) is 0.531. The van der Waals surface area contributed by atoms with Crippen LogP contribution in [0.4, 0.5) is 5.13 Å². The zero-order valence-corrected chi connectivity index (χ0v) is 9.90. The summed E-state index contributed by atoms with van der Waals surface area (Å²) in [7, 11) is 0. The van der Waals surface area contributed by atoms with Crippen LogP contribution in [0.5, 0.6) is 5.75 Å². The molecule has 0 spiro atoms. The van der Waals surface area contributed by atoms with Crippen LogP contribution in [0.1, 0.15) is 17.3 Å². The summed E-state index contributed by atoms with van der Waals surface area (Å²) in [5, 5.41) is 9.99. The Hall–Kier alpha value is -2.02. The van der Waals surface area contributed by atoms with Crippen LogP contribution in [-0.2, 0) is 0 Å². The lowest BCUT2D eigenvalue weighted by molar-refractivity contribution is 0.102. The Morgan fingerprint density at radius 1 is 1.41 bits per heavy atom. The first-order chi connectivity index (χ1) is 8.29. The molecule has 2 rings (SSSR count). The molecule has 1 heterocycles. The maximum Gasteiger partial charge on any atom is 0.257 e. The number of carbonyl (C=O) groups excluding carboxylic acids is 1. The molecule has 0 bridgehead atoms. The maximum atomic E-state index is 11.7. The van der Waals surface area contributed by atoms with Crippen LogP contribution in [0.15, 0.2) is 24.3 Å². The van der Waals surface area contributed by atoms with Gasteiger partial charge in [-0.05, 0) is 36.4 Å². The van der Waals surface area contributed by atoms with E-state index in [0.29, 0.717) is 17.3 Å². The van der Waals surface area contributed by atoms with Crippen LogP contribution in [-0.4, -0.2) is 27.3 Å². The van der Waals surface area contributed by atoms with Crippen molar-refractivity contribution >= 4 is 22.6 Å². The summed E-state index contributed by atoms with van der Waals surface area (Å²) in [4.78, 5) is 11.7. The van der Waals surface area contributed by atoms with Gasteiger partial charge in [0.05, 0.1) is 6.61 Å². The van der Waals surface area contributed by atoms with Gasteiger partial charge in [0.2, 0.25) is 5.13 Å². The molecule has 0 saturated heterocycles. The fourth-order valence-electron chi connectivity index (χ4n) is 1.22. The average Bonchev–Trinajstić information content (AvgIpc) is 2.83. The van der Waals surface area contributed by atoms with E-state index in [1.165, 1.54) is 0 Å². The predicted octanol–water partition coefficient (Wildman–Crippen LogP) is 1.58. The number of ether oxygens (including phenoxy) is 1. The van der Waals surface area contributed by atoms with Gasteiger partial charge in [0.1, 0.15) is 5.75 Å². The number of nitrogens with one attached hydrogen (secondary N) is 1. The van der Waals surface area contributed by atoms with Gasteiger partial charge in [-0.15, -0.1) is 0 Å². The number of rotatable bonds is 4. The monoisotopic (exact) mass is 250 g/mol. The summed E-state index contributed by atoms with van der Waals surface area (Å²) >= 11 is 1.03. The molecular formula is C10H10N4O2S. The van der Waals surface area contributed by atoms with Crippen molar-refractivity contribution in [3.63, 3.8) is 0 Å². The van der Waals surface area contributed by atoms with Crippen molar-refractivity contribution in [1.82, 2.24) is 14.8 Å². The summed E-state index contributed by atoms with van der Waals surface area (Å²) in [6, 6.07) is 6.87. The van der Waals surface area contributed by atoms with E-state index in [-0.39, 0.29) is 5.91 Å². The minimum absolute atomic E-state index is 0.244. The lowest BCUT2D eigenvalue weighted by Crippen LogP contribution is -2.11. The third kappa shape index (κ3) is 2.97. The molecule has 7 heteroatoms. The van der Waals surface area contributed by atoms with Gasteiger partial charge in [-0.1, -0.05) is 9.59 Å². The van der Waals surface area contributed by atoms with Crippen LogP contribution < -0.4 is 10.1 Å². The lowest BCUT2D eigenvalue weighted by atomic mass is 10.2. The highest BCUT2D eigenvalue weighted by atomic mass is 32.1. The SMILES string of the molecule is CCOc1ccc(C(=O)Nc2nnns2)cc1. The van der Waals surface area contributed by atoms with Crippen molar-refractivity contribution in [2.45, 2.75) is 6.92 Å². The quantitative estimate of drug-likeness (QED) is 0.891. The van der Waals surface area contributed by atoms with Crippen molar-refractivity contribution in [3.8, 4) is 5.75 Å². The number of benzene rings is 1. The Morgan fingerprint density at radius 3 is 2.76 bits per heavy atom. The third-order valence-corrected chi connectivity index (χ3v) is 2.46. The highest BCUT2D eigenvalue weighted by Gasteiger charge is 2.08. The second-order valence-electron chi connectivity index (χ2n) is 3.08. The molecule has 0 fully saturated rings. The fourth-order valence-corrected chi connectivity index (χ4v) is 1.58. The molecule has 1 amide bonds. The molecule has 0 radical (unpaired) electrons. The molecule has 88 valence electrons. The maximum absolute atomic E-state index is 11.7. The minimum atomic E-state index is -0.244. The Bertz CT molecular complexity index is 484. The smallest absolute Gasteiger partial charge is 0.257 e. The standard InChI is InChI=1S/C10H10N4O2S/c1-2-16-8-5-3-7(4-6-8)9(15)11-10-12-13-14-17-10/h3-6H,2H2,1H3,(H,11,12,14,15). The third-order valence-electron chi connectivity index (χ3n) is 1.95. The summed E-state index contributed by atoms with van der Waals surface area (Å²) < 4.78 is 8.84. The molecule has 17 heavy (non-hydrogen) atoms. The fraction of sp³-hybridized carbons (Fsp3) is 0.200. The highest BCUT2D eigenvalue weighted by molar-refractivity contribution is 7.09. The number of hydrogen-bond acceptors (Lipinski definition) is 6. The van der Waals surface area contributed by atoms with Gasteiger partial charge >= 0.3 is 0 Å². The van der Waals surface area contributed by atoms with Crippen molar-refractivity contribution in [2.75, 3.05) is 11.9 Å². The first kappa shape index (κ1) is 11.5. The summed E-state index contributed by atoms with van der Waals surface area (Å²) in [5.74, 6) is 0.494. The summed E-state index contributed by atoms with van der Waals surface area (Å²) in [6.07, 6.45) is 0. The Morgan fingerprint density at radius 2 is 2.18 bits per heavy atom. The van der Waals surface area contributed by atoms with Crippen molar-refractivity contribution < 1.29 is 9.53 Å². The van der Waals surface area contributed by atoms with Gasteiger partial charge in [-0.3, -0.25) is 10.1 Å². The Labute approximate surface area is 102 Å². The molecule has 2 aromatic rings. The molecule has 1 aromatic carbocycles. The van der Waals surface area contributed by atoms with Crippen LogP contribution in [0, 0.1) is 0 Å². The number of amides is 1. The molecule has 0 unspecified atom stereocenters. The molecule has 0 aliphatic carbocycles. The van der Waals surface area contributed by atoms with E-state index in [2.05, 4.69) is 20.1 Å². The Balaban J connectivity index is 2.04. The van der Waals surface area contributed by atoms with Crippen molar-refractivity contribution in [3.05, 3.63) is 29.8 Å². The average molecular weight is 250 g/mol. The molecule has 0 atom stereocenters. The molecule has 6 nitrogen and oxygen atoms in total. The topological polar surface area (TPSA) is 77.0 Å². The zero-order valence-electron chi connectivity index (χ0n) is 9.08. The lowest BCUT2D eigenvalue weighted by Gasteiger charge is -2.04.